The van der Waals surface area contributed by atoms with Gasteiger partial charge in [0.1, 0.15) is 12.6 Å². The number of rotatable bonds is 3. The number of carbonyl (C=O) groups is 1. The molecule has 0 fully saturated rings. The monoisotopic (exact) mass is 299 g/mol. The van der Waals surface area contributed by atoms with E-state index in [-0.39, 0.29) is 18.0 Å². The summed E-state index contributed by atoms with van der Waals surface area (Å²) < 4.78 is 6.13. The number of ether oxygens (including phenoxy) is 1. The second-order valence-electron chi connectivity index (χ2n) is 5.04. The van der Waals surface area contributed by atoms with Crippen LogP contribution in [-0.2, 0) is 16.1 Å². The molecule has 1 aromatic rings. The maximum Gasteiger partial charge on any atom is 0.323 e. The van der Waals surface area contributed by atoms with Gasteiger partial charge in [0.05, 0.1) is 0 Å². The van der Waals surface area contributed by atoms with Crippen molar-refractivity contribution in [2.45, 2.75) is 33.4 Å². The third kappa shape index (κ3) is 4.13. The number of benzene rings is 1. The summed E-state index contributed by atoms with van der Waals surface area (Å²) in [6.07, 6.45) is 0. The molecule has 0 spiro atoms. The lowest BCUT2D eigenvalue weighted by Gasteiger charge is -2.25. The highest BCUT2D eigenvalue weighted by Gasteiger charge is 2.28. The lowest BCUT2D eigenvalue weighted by molar-refractivity contribution is -0.149. The molecule has 0 aliphatic heterocycles. The molecule has 94 valence electrons. The SMILES string of the molecule is CC(C)(C)C(N)C(=O)OCc1ccccc1Br. The Kier molecular flexibility index (Phi) is 4.71. The Balaban J connectivity index is 2.58. The van der Waals surface area contributed by atoms with Crippen molar-refractivity contribution in [2.75, 3.05) is 0 Å². The largest absolute Gasteiger partial charge is 0.460 e. The number of esters is 1. The summed E-state index contributed by atoms with van der Waals surface area (Å²) in [7, 11) is 0. The Morgan fingerprint density at radius 2 is 2.00 bits per heavy atom. The van der Waals surface area contributed by atoms with Gasteiger partial charge in [-0.15, -0.1) is 0 Å². The van der Waals surface area contributed by atoms with Crippen LogP contribution in [0.15, 0.2) is 28.7 Å². The van der Waals surface area contributed by atoms with E-state index in [1.807, 2.05) is 45.0 Å². The molecule has 1 aromatic carbocycles. The van der Waals surface area contributed by atoms with E-state index in [0.717, 1.165) is 10.0 Å². The molecule has 2 N–H and O–H groups in total. The van der Waals surface area contributed by atoms with Crippen molar-refractivity contribution in [2.24, 2.45) is 11.1 Å². The number of carbonyl (C=O) groups excluding carboxylic acids is 1. The predicted octanol–water partition coefficient (Wildman–Crippen LogP) is 2.87. The molecule has 0 amide bonds. The molecule has 1 rings (SSSR count). The third-order valence-corrected chi connectivity index (χ3v) is 3.29. The van der Waals surface area contributed by atoms with Crippen LogP contribution in [0.4, 0.5) is 0 Å². The molecule has 4 heteroatoms. The van der Waals surface area contributed by atoms with E-state index in [0.29, 0.717) is 0 Å². The summed E-state index contributed by atoms with van der Waals surface area (Å²) in [5.74, 6) is -0.367. The van der Waals surface area contributed by atoms with Crippen molar-refractivity contribution in [1.82, 2.24) is 0 Å². The number of hydrogen-bond donors (Lipinski definition) is 1. The quantitative estimate of drug-likeness (QED) is 0.873. The molecule has 0 heterocycles. The molecule has 1 unspecified atom stereocenters. The summed E-state index contributed by atoms with van der Waals surface area (Å²) in [4.78, 5) is 11.7. The van der Waals surface area contributed by atoms with Gasteiger partial charge in [0.15, 0.2) is 0 Å². The van der Waals surface area contributed by atoms with Crippen LogP contribution < -0.4 is 5.73 Å². The standard InChI is InChI=1S/C13H18BrNO2/c1-13(2,3)11(15)12(16)17-8-9-6-4-5-7-10(9)14/h4-7,11H,8,15H2,1-3H3. The minimum absolute atomic E-state index is 0.240. The van der Waals surface area contributed by atoms with Gasteiger partial charge < -0.3 is 10.5 Å². The van der Waals surface area contributed by atoms with Crippen LogP contribution in [0, 0.1) is 5.41 Å². The first kappa shape index (κ1) is 14.2. The van der Waals surface area contributed by atoms with Gasteiger partial charge in [0.2, 0.25) is 0 Å². The zero-order valence-electron chi connectivity index (χ0n) is 10.4. The molecule has 0 radical (unpaired) electrons. The predicted molar refractivity (Wildman–Crippen MR) is 71.4 cm³/mol. The number of hydrogen-bond acceptors (Lipinski definition) is 3. The summed E-state index contributed by atoms with van der Waals surface area (Å²) in [6.45, 7) is 5.98. The van der Waals surface area contributed by atoms with E-state index in [1.165, 1.54) is 0 Å². The van der Waals surface area contributed by atoms with Crippen molar-refractivity contribution >= 4 is 21.9 Å². The fourth-order valence-electron chi connectivity index (χ4n) is 1.21. The van der Waals surface area contributed by atoms with Gasteiger partial charge in [-0.1, -0.05) is 54.9 Å². The van der Waals surface area contributed by atoms with Gasteiger partial charge >= 0.3 is 5.97 Å². The Morgan fingerprint density at radius 1 is 1.41 bits per heavy atom. The minimum atomic E-state index is -0.606. The smallest absolute Gasteiger partial charge is 0.323 e. The highest BCUT2D eigenvalue weighted by atomic mass is 79.9. The van der Waals surface area contributed by atoms with Crippen molar-refractivity contribution in [3.63, 3.8) is 0 Å². The molecule has 0 aromatic heterocycles. The lowest BCUT2D eigenvalue weighted by atomic mass is 9.87. The van der Waals surface area contributed by atoms with Crippen molar-refractivity contribution in [3.05, 3.63) is 34.3 Å². The maximum absolute atomic E-state index is 11.7. The molecule has 17 heavy (non-hydrogen) atoms. The highest BCUT2D eigenvalue weighted by molar-refractivity contribution is 9.10. The third-order valence-electron chi connectivity index (χ3n) is 2.51. The topological polar surface area (TPSA) is 52.3 Å². The van der Waals surface area contributed by atoms with Gasteiger partial charge in [-0.05, 0) is 11.5 Å². The van der Waals surface area contributed by atoms with Crippen molar-refractivity contribution < 1.29 is 9.53 Å². The second-order valence-corrected chi connectivity index (χ2v) is 5.90. The van der Waals surface area contributed by atoms with E-state index in [1.54, 1.807) is 0 Å². The first-order valence-corrected chi connectivity index (χ1v) is 6.27. The molecule has 3 nitrogen and oxygen atoms in total. The second kappa shape index (κ2) is 5.65. The molecule has 1 atom stereocenters. The zero-order chi connectivity index (χ0) is 13.1. The molecule has 0 aliphatic carbocycles. The van der Waals surface area contributed by atoms with E-state index in [2.05, 4.69) is 15.9 Å². The first-order chi connectivity index (χ1) is 7.82. The Labute approximate surface area is 110 Å². The minimum Gasteiger partial charge on any atom is -0.460 e. The van der Waals surface area contributed by atoms with Crippen LogP contribution in [-0.4, -0.2) is 12.0 Å². The van der Waals surface area contributed by atoms with Gasteiger partial charge in [-0.25, -0.2) is 0 Å². The van der Waals surface area contributed by atoms with E-state index >= 15 is 0 Å². The molecular formula is C13H18BrNO2. The molecule has 0 saturated heterocycles. The normalized spacial score (nSPS) is 13.2. The molecule has 0 bridgehead atoms. The molecule has 0 saturated carbocycles. The maximum atomic E-state index is 11.7. The first-order valence-electron chi connectivity index (χ1n) is 5.48. The van der Waals surface area contributed by atoms with Gasteiger partial charge in [-0.3, -0.25) is 4.79 Å². The van der Waals surface area contributed by atoms with E-state index < -0.39 is 6.04 Å². The highest BCUT2D eigenvalue weighted by Crippen LogP contribution is 2.20. The van der Waals surface area contributed by atoms with Crippen LogP contribution in [0.2, 0.25) is 0 Å². The van der Waals surface area contributed by atoms with Gasteiger partial charge in [0.25, 0.3) is 0 Å². The molecule has 0 aliphatic rings. The van der Waals surface area contributed by atoms with Crippen LogP contribution in [0.3, 0.4) is 0 Å². The van der Waals surface area contributed by atoms with Crippen LogP contribution >= 0.6 is 15.9 Å². The van der Waals surface area contributed by atoms with Crippen LogP contribution in [0.1, 0.15) is 26.3 Å². The number of halogens is 1. The Morgan fingerprint density at radius 3 is 2.53 bits per heavy atom. The molecular weight excluding hydrogens is 282 g/mol. The van der Waals surface area contributed by atoms with E-state index in [4.69, 9.17) is 10.5 Å². The summed E-state index contributed by atoms with van der Waals surface area (Å²) in [6, 6.07) is 7.02. The van der Waals surface area contributed by atoms with E-state index in [9.17, 15) is 4.79 Å². The number of nitrogens with two attached hydrogens (primary N) is 1. The average molecular weight is 300 g/mol. The Bertz CT molecular complexity index is 399. The Hall–Kier alpha value is -0.870. The zero-order valence-corrected chi connectivity index (χ0v) is 12.0. The summed E-state index contributed by atoms with van der Waals surface area (Å²) in [5.41, 5.74) is 6.46. The fourth-order valence-corrected chi connectivity index (χ4v) is 1.61. The van der Waals surface area contributed by atoms with Crippen LogP contribution in [0.25, 0.3) is 0 Å². The summed E-state index contributed by atoms with van der Waals surface area (Å²) >= 11 is 3.40. The average Bonchev–Trinajstić information content (AvgIpc) is 2.25. The van der Waals surface area contributed by atoms with Crippen LogP contribution in [0.5, 0.6) is 0 Å². The van der Waals surface area contributed by atoms with Crippen molar-refractivity contribution in [1.29, 1.82) is 0 Å². The van der Waals surface area contributed by atoms with Gasteiger partial charge in [-0.2, -0.15) is 0 Å². The lowest BCUT2D eigenvalue weighted by Crippen LogP contribution is -2.43. The summed E-state index contributed by atoms with van der Waals surface area (Å²) in [5, 5.41) is 0. The van der Waals surface area contributed by atoms with Gasteiger partial charge in [0, 0.05) is 10.0 Å². The fraction of sp³-hybridized carbons (Fsp3) is 0.462. The van der Waals surface area contributed by atoms with Crippen molar-refractivity contribution in [3.8, 4) is 0 Å².